The van der Waals surface area contributed by atoms with Crippen molar-refractivity contribution in [3.8, 4) is 34.3 Å². The van der Waals surface area contributed by atoms with Crippen molar-refractivity contribution in [1.29, 1.82) is 0 Å². The molecule has 3 heterocycles. The molecule has 1 unspecified atom stereocenters. The molecular weight excluding hydrogens is 592 g/mol. The number of phenols is 2. The molecule has 10 atom stereocenters. The van der Waals surface area contributed by atoms with Crippen LogP contribution in [0.15, 0.2) is 45.6 Å². The molecule has 16 nitrogen and oxygen atoms in total. The number of benzene rings is 2. The van der Waals surface area contributed by atoms with Gasteiger partial charge in [0.15, 0.2) is 29.2 Å². The first-order valence-electron chi connectivity index (χ1n) is 13.4. The van der Waals surface area contributed by atoms with Crippen molar-refractivity contribution < 1.29 is 74.1 Å². The van der Waals surface area contributed by atoms with E-state index in [2.05, 4.69) is 0 Å². The van der Waals surface area contributed by atoms with Crippen molar-refractivity contribution in [2.24, 2.45) is 0 Å². The van der Waals surface area contributed by atoms with E-state index in [4.69, 9.17) is 28.1 Å². The molecule has 2 fully saturated rings. The van der Waals surface area contributed by atoms with Gasteiger partial charge in [0.05, 0.1) is 20.3 Å². The lowest BCUT2D eigenvalue weighted by molar-refractivity contribution is -0.358. The smallest absolute Gasteiger partial charge is 0.229 e. The molecule has 9 N–H and O–H groups in total. The molecule has 1 aromatic heterocycles. The highest BCUT2D eigenvalue weighted by atomic mass is 16.8. The minimum Gasteiger partial charge on any atom is -0.507 e. The van der Waals surface area contributed by atoms with E-state index in [1.165, 1.54) is 7.11 Å². The number of hydrogen-bond donors (Lipinski definition) is 9. The summed E-state index contributed by atoms with van der Waals surface area (Å²) < 4.78 is 33.1. The van der Waals surface area contributed by atoms with Gasteiger partial charge < -0.3 is 74.1 Å². The van der Waals surface area contributed by atoms with Crippen LogP contribution in [0.1, 0.15) is 0 Å². The molecule has 0 aliphatic carbocycles. The van der Waals surface area contributed by atoms with Crippen molar-refractivity contribution in [2.45, 2.75) is 61.4 Å². The maximum absolute atomic E-state index is 12.9. The third-order valence-electron chi connectivity index (χ3n) is 7.50. The average Bonchev–Trinajstić information content (AvgIpc) is 3.02. The third kappa shape index (κ3) is 5.80. The Kier molecular flexibility index (Phi) is 9.28. The summed E-state index contributed by atoms with van der Waals surface area (Å²) >= 11 is 0. The Morgan fingerprint density at radius 1 is 0.795 bits per heavy atom. The third-order valence-corrected chi connectivity index (χ3v) is 7.50. The molecule has 2 aromatic carbocycles. The van der Waals surface area contributed by atoms with E-state index in [0.717, 1.165) is 12.1 Å². The number of rotatable bonds is 8. The van der Waals surface area contributed by atoms with Gasteiger partial charge in [-0.25, -0.2) is 0 Å². The van der Waals surface area contributed by atoms with Crippen LogP contribution in [0.5, 0.6) is 23.0 Å². The van der Waals surface area contributed by atoms with E-state index >= 15 is 0 Å². The Morgan fingerprint density at radius 2 is 1.41 bits per heavy atom. The van der Waals surface area contributed by atoms with Crippen LogP contribution in [0.25, 0.3) is 22.3 Å². The quantitative estimate of drug-likeness (QED) is 0.121. The molecule has 0 radical (unpaired) electrons. The van der Waals surface area contributed by atoms with Gasteiger partial charge in [-0.3, -0.25) is 4.79 Å². The molecule has 0 bridgehead atoms. The van der Waals surface area contributed by atoms with Crippen LogP contribution in [0.3, 0.4) is 0 Å². The number of hydrogen-bond acceptors (Lipinski definition) is 16. The molecule has 2 aliphatic heterocycles. The summed E-state index contributed by atoms with van der Waals surface area (Å²) in [5.41, 5.74) is -0.741. The first-order valence-corrected chi connectivity index (χ1v) is 13.4. The van der Waals surface area contributed by atoms with Crippen molar-refractivity contribution in [3.05, 3.63) is 46.6 Å². The zero-order valence-corrected chi connectivity index (χ0v) is 23.0. The highest BCUT2D eigenvalue weighted by Crippen LogP contribution is 2.42. The van der Waals surface area contributed by atoms with Crippen molar-refractivity contribution in [2.75, 3.05) is 20.3 Å². The molecule has 16 heteroatoms. The van der Waals surface area contributed by atoms with Crippen LogP contribution < -0.4 is 14.9 Å². The average molecular weight is 625 g/mol. The Bertz CT molecular complexity index is 1510. The normalized spacial score (nSPS) is 32.5. The van der Waals surface area contributed by atoms with Crippen molar-refractivity contribution >= 4 is 11.0 Å². The van der Waals surface area contributed by atoms with Gasteiger partial charge in [-0.1, -0.05) is 0 Å². The summed E-state index contributed by atoms with van der Waals surface area (Å²) in [4.78, 5) is 12.9. The molecule has 3 aromatic rings. The van der Waals surface area contributed by atoms with Crippen molar-refractivity contribution in [3.63, 3.8) is 0 Å². The van der Waals surface area contributed by atoms with E-state index in [0.29, 0.717) is 11.3 Å². The summed E-state index contributed by atoms with van der Waals surface area (Å²) in [6.07, 6.45) is -17.3. The Labute approximate surface area is 248 Å². The summed E-state index contributed by atoms with van der Waals surface area (Å²) in [6.45, 7) is -1.59. The van der Waals surface area contributed by atoms with E-state index < -0.39 is 103 Å². The first kappa shape index (κ1) is 31.9. The summed E-state index contributed by atoms with van der Waals surface area (Å²) in [5, 5.41) is 92.5. The van der Waals surface area contributed by atoms with Crippen LogP contribution in [0.4, 0.5) is 0 Å². The zero-order chi connectivity index (χ0) is 31.9. The monoisotopic (exact) mass is 624 g/mol. The lowest BCUT2D eigenvalue weighted by Crippen LogP contribution is -2.65. The molecule has 44 heavy (non-hydrogen) atoms. The summed E-state index contributed by atoms with van der Waals surface area (Å²) in [7, 11) is 1.48. The van der Waals surface area contributed by atoms with E-state index in [1.807, 2.05) is 0 Å². The summed E-state index contributed by atoms with van der Waals surface area (Å²) in [6, 6.07) is 8.40. The topological polar surface area (TPSA) is 258 Å². The summed E-state index contributed by atoms with van der Waals surface area (Å²) in [5.74, 6) is -1.42. The number of aliphatic hydroxyl groups is 7. The van der Waals surface area contributed by atoms with Crippen LogP contribution in [0, 0.1) is 0 Å². The second-order valence-corrected chi connectivity index (χ2v) is 10.3. The highest BCUT2D eigenvalue weighted by Gasteiger charge is 2.51. The molecule has 5 rings (SSSR count). The van der Waals surface area contributed by atoms with E-state index in [9.17, 15) is 50.8 Å². The molecule has 0 amide bonds. The van der Waals surface area contributed by atoms with Gasteiger partial charge in [-0.15, -0.1) is 0 Å². The second kappa shape index (κ2) is 12.8. The number of aliphatic hydroxyl groups excluding tert-OH is 7. The minimum atomic E-state index is -1.91. The van der Waals surface area contributed by atoms with E-state index in [-0.39, 0.29) is 11.1 Å². The van der Waals surface area contributed by atoms with Gasteiger partial charge in [0.2, 0.25) is 12.0 Å². The first-order chi connectivity index (χ1) is 21.0. The molecule has 240 valence electrons. The predicted molar refractivity (Wildman–Crippen MR) is 145 cm³/mol. The Balaban J connectivity index is 1.51. The van der Waals surface area contributed by atoms with Gasteiger partial charge in [0.25, 0.3) is 0 Å². The van der Waals surface area contributed by atoms with Crippen LogP contribution in [0.2, 0.25) is 0 Å². The van der Waals surface area contributed by atoms with Gasteiger partial charge in [0, 0.05) is 17.7 Å². The number of fused-ring (bicyclic) bond motifs is 1. The number of aromatic hydroxyl groups is 2. The largest absolute Gasteiger partial charge is 0.507 e. The van der Waals surface area contributed by atoms with Crippen LogP contribution >= 0.6 is 0 Å². The van der Waals surface area contributed by atoms with E-state index in [1.54, 1.807) is 24.3 Å². The fourth-order valence-corrected chi connectivity index (χ4v) is 5.02. The molecule has 2 saturated heterocycles. The highest BCUT2D eigenvalue weighted by molar-refractivity contribution is 5.91. The standard InChI is InChI=1S/C28H32O16/c1-39-11-4-2-10(3-5-11)14-6-12(31)18-13(32)7-15(21(35)25(18)40-14)41-28-26(23(37)20(34)17(9-30)43-28)44-27-24(38)22(36)19(33)16(8-29)42-27/h2-7,16-17,19-20,22-24,26-30,32-38H,8-9H2,1H3/t16-,17-,19-,20-,22-,23+,24-,26?,27+,28-/m1/s1. The lowest BCUT2D eigenvalue weighted by atomic mass is 9.97. The lowest BCUT2D eigenvalue weighted by Gasteiger charge is -2.45. The fraction of sp³-hybridized carbons (Fsp3) is 0.464. The number of methoxy groups -OCH3 is 1. The molecular formula is C28H32O16. The van der Waals surface area contributed by atoms with Crippen LogP contribution in [-0.4, -0.2) is 128 Å². The minimum absolute atomic E-state index is 0.0219. The van der Waals surface area contributed by atoms with Gasteiger partial charge >= 0.3 is 0 Å². The molecule has 2 aliphatic rings. The van der Waals surface area contributed by atoms with Crippen molar-refractivity contribution in [1.82, 2.24) is 0 Å². The van der Waals surface area contributed by atoms with Crippen LogP contribution in [-0.2, 0) is 14.2 Å². The second-order valence-electron chi connectivity index (χ2n) is 10.3. The number of ether oxygens (including phenoxy) is 5. The fourth-order valence-electron chi connectivity index (χ4n) is 5.02. The Hall–Kier alpha value is -3.55. The molecule has 0 spiro atoms. The van der Waals surface area contributed by atoms with Gasteiger partial charge in [-0.2, -0.15) is 0 Å². The number of phenolic OH excluding ortho intramolecular Hbond substituents is 2. The van der Waals surface area contributed by atoms with Gasteiger partial charge in [0.1, 0.15) is 65.4 Å². The molecule has 0 saturated carbocycles. The zero-order valence-electron chi connectivity index (χ0n) is 23.0. The predicted octanol–water partition coefficient (Wildman–Crippen LogP) is -2.12. The SMILES string of the molecule is COc1ccc(-c2cc(=O)c3c(O)cc(O[C@@H]4O[C@H](CO)[C@@H](O)[C@H](O)C4O[C@@H]4O[C@H](CO)[C@@H](O)[C@@H](O)[C@H]4O)c(O)c3o2)cc1. The maximum Gasteiger partial charge on any atom is 0.229 e. The Morgan fingerprint density at radius 3 is 2.02 bits per heavy atom. The van der Waals surface area contributed by atoms with Gasteiger partial charge in [-0.05, 0) is 24.3 Å². The maximum atomic E-state index is 12.9.